The Balaban J connectivity index is 1.45. The highest BCUT2D eigenvalue weighted by Gasteiger charge is 2.38. The Bertz CT molecular complexity index is 1060. The van der Waals surface area contributed by atoms with Crippen molar-refractivity contribution in [1.29, 1.82) is 0 Å². The average molecular weight is 408 g/mol. The summed E-state index contributed by atoms with van der Waals surface area (Å²) in [6.45, 7) is 1.35. The Morgan fingerprint density at radius 2 is 1.87 bits per heavy atom. The van der Waals surface area contributed by atoms with E-state index in [1.54, 1.807) is 17.0 Å². The summed E-state index contributed by atoms with van der Waals surface area (Å²) in [7, 11) is 0. The van der Waals surface area contributed by atoms with Crippen LogP contribution in [0.25, 0.3) is 0 Å². The molecule has 2 amide bonds. The number of anilines is 2. The molecule has 1 saturated heterocycles. The Hall–Kier alpha value is -3.26. The van der Waals surface area contributed by atoms with Crippen LogP contribution in [0.1, 0.15) is 42.1 Å². The highest BCUT2D eigenvalue weighted by Crippen LogP contribution is 2.40. The van der Waals surface area contributed by atoms with Crippen molar-refractivity contribution in [3.8, 4) is 0 Å². The van der Waals surface area contributed by atoms with E-state index in [1.807, 2.05) is 24.3 Å². The van der Waals surface area contributed by atoms with Crippen molar-refractivity contribution >= 4 is 17.4 Å². The Labute approximate surface area is 172 Å². The summed E-state index contributed by atoms with van der Waals surface area (Å²) in [5.74, 6) is 0.718. The minimum absolute atomic E-state index is 0.127. The van der Waals surface area contributed by atoms with Gasteiger partial charge in [0.25, 0.3) is 0 Å². The topological polar surface area (TPSA) is 80.5 Å². The summed E-state index contributed by atoms with van der Waals surface area (Å²) in [5, 5.41) is 6.86. The SMILES string of the molecule is O=C(Nc1ccccc1F)N1c2ccccc2CC1c1noc(C2CCOCC2)n1. The Kier molecular flexibility index (Phi) is 4.92. The average Bonchev–Trinajstić information content (AvgIpc) is 3.41. The van der Waals surface area contributed by atoms with Gasteiger partial charge in [-0.05, 0) is 36.6 Å². The normalized spacial score (nSPS) is 19.0. The van der Waals surface area contributed by atoms with Crippen LogP contribution >= 0.6 is 0 Å². The number of benzene rings is 2. The highest BCUT2D eigenvalue weighted by molar-refractivity contribution is 6.03. The summed E-state index contributed by atoms with van der Waals surface area (Å²) < 4.78 is 25.0. The molecule has 8 heteroatoms. The zero-order chi connectivity index (χ0) is 20.5. The van der Waals surface area contributed by atoms with Gasteiger partial charge in [-0.1, -0.05) is 35.5 Å². The number of nitrogens with zero attached hydrogens (tertiary/aromatic N) is 3. The minimum atomic E-state index is -0.490. The monoisotopic (exact) mass is 408 g/mol. The molecule has 0 aliphatic carbocycles. The fourth-order valence-corrected chi connectivity index (χ4v) is 4.07. The number of rotatable bonds is 3. The second kappa shape index (κ2) is 7.87. The molecule has 0 bridgehead atoms. The maximum absolute atomic E-state index is 14.1. The van der Waals surface area contributed by atoms with E-state index in [1.165, 1.54) is 12.1 Å². The summed E-state index contributed by atoms with van der Waals surface area (Å²) >= 11 is 0. The molecular formula is C22H21FN4O3. The highest BCUT2D eigenvalue weighted by atomic mass is 19.1. The van der Waals surface area contributed by atoms with Crippen molar-refractivity contribution in [1.82, 2.24) is 10.1 Å². The third-order valence-corrected chi connectivity index (χ3v) is 5.64. The van der Waals surface area contributed by atoms with Crippen molar-refractivity contribution in [2.75, 3.05) is 23.4 Å². The van der Waals surface area contributed by atoms with Gasteiger partial charge in [0.15, 0.2) is 5.82 Å². The van der Waals surface area contributed by atoms with Crippen molar-refractivity contribution in [2.24, 2.45) is 0 Å². The molecule has 7 nitrogen and oxygen atoms in total. The molecule has 2 aliphatic heterocycles. The number of carbonyl (C=O) groups excluding carboxylic acids is 1. The number of amides is 2. The number of fused-ring (bicyclic) bond motifs is 1. The van der Waals surface area contributed by atoms with Gasteiger partial charge in [0.2, 0.25) is 5.89 Å². The Morgan fingerprint density at radius 3 is 2.70 bits per heavy atom. The predicted octanol–water partition coefficient (Wildman–Crippen LogP) is 4.44. The number of hydrogen-bond donors (Lipinski definition) is 1. The van der Waals surface area contributed by atoms with E-state index in [4.69, 9.17) is 9.26 Å². The first-order valence-electron chi connectivity index (χ1n) is 10.0. The van der Waals surface area contributed by atoms with E-state index in [0.29, 0.717) is 31.3 Å². The second-order valence-corrected chi connectivity index (χ2v) is 7.51. The fraction of sp³-hybridized carbons (Fsp3) is 0.318. The van der Waals surface area contributed by atoms with E-state index in [9.17, 15) is 9.18 Å². The van der Waals surface area contributed by atoms with Gasteiger partial charge in [-0.3, -0.25) is 4.90 Å². The van der Waals surface area contributed by atoms with Crippen molar-refractivity contribution in [3.63, 3.8) is 0 Å². The van der Waals surface area contributed by atoms with Crippen LogP contribution in [0.5, 0.6) is 0 Å². The lowest BCUT2D eigenvalue weighted by atomic mass is 10.0. The van der Waals surface area contributed by atoms with Crippen LogP contribution in [0.3, 0.4) is 0 Å². The molecule has 0 radical (unpaired) electrons. The van der Waals surface area contributed by atoms with E-state index in [0.717, 1.165) is 24.1 Å². The molecule has 3 aromatic rings. The standard InChI is InChI=1S/C22H21FN4O3/c23-16-6-2-3-7-17(16)24-22(28)27-18-8-4-1-5-15(18)13-19(27)20-25-21(30-26-20)14-9-11-29-12-10-14/h1-8,14,19H,9-13H2,(H,24,28). The molecule has 3 heterocycles. The minimum Gasteiger partial charge on any atom is -0.381 e. The first kappa shape index (κ1) is 18.7. The van der Waals surface area contributed by atoms with Gasteiger partial charge in [0, 0.05) is 31.2 Å². The number of nitrogens with one attached hydrogen (secondary N) is 1. The van der Waals surface area contributed by atoms with Crippen molar-refractivity contribution in [3.05, 3.63) is 71.6 Å². The fourth-order valence-electron chi connectivity index (χ4n) is 4.07. The molecular weight excluding hydrogens is 387 g/mol. The molecule has 1 fully saturated rings. The molecule has 0 spiro atoms. The third kappa shape index (κ3) is 3.43. The van der Waals surface area contributed by atoms with Crippen molar-refractivity contribution in [2.45, 2.75) is 31.2 Å². The molecule has 154 valence electrons. The molecule has 1 N–H and O–H groups in total. The lowest BCUT2D eigenvalue weighted by molar-refractivity contribution is 0.0778. The van der Waals surface area contributed by atoms with Crippen molar-refractivity contribution < 1.29 is 18.4 Å². The van der Waals surface area contributed by atoms with Gasteiger partial charge in [0.05, 0.1) is 5.69 Å². The van der Waals surface area contributed by atoms with E-state index >= 15 is 0 Å². The van der Waals surface area contributed by atoms with Crippen LogP contribution < -0.4 is 10.2 Å². The number of hydrogen-bond acceptors (Lipinski definition) is 5. The summed E-state index contributed by atoms with van der Waals surface area (Å²) in [5.41, 5.74) is 1.89. The van der Waals surface area contributed by atoms with E-state index in [2.05, 4.69) is 15.5 Å². The third-order valence-electron chi connectivity index (χ3n) is 5.64. The molecule has 1 unspecified atom stereocenters. The van der Waals surface area contributed by atoms with Gasteiger partial charge in [-0.15, -0.1) is 0 Å². The number of halogens is 1. The van der Waals surface area contributed by atoms with Gasteiger partial charge in [-0.25, -0.2) is 9.18 Å². The predicted molar refractivity (Wildman–Crippen MR) is 108 cm³/mol. The number of aromatic nitrogens is 2. The first-order valence-corrected chi connectivity index (χ1v) is 10.0. The van der Waals surface area contributed by atoms with Crippen LogP contribution in [0.2, 0.25) is 0 Å². The number of para-hydroxylation sites is 2. The lowest BCUT2D eigenvalue weighted by Crippen LogP contribution is -2.36. The van der Waals surface area contributed by atoms with E-state index in [-0.39, 0.29) is 11.6 Å². The van der Waals surface area contributed by atoms with Crippen LogP contribution in [0, 0.1) is 5.82 Å². The molecule has 2 aliphatic rings. The van der Waals surface area contributed by atoms with Gasteiger partial charge >= 0.3 is 6.03 Å². The molecule has 30 heavy (non-hydrogen) atoms. The maximum Gasteiger partial charge on any atom is 0.327 e. The number of carbonyl (C=O) groups is 1. The maximum atomic E-state index is 14.1. The van der Waals surface area contributed by atoms with Crippen LogP contribution in [0.4, 0.5) is 20.6 Å². The second-order valence-electron chi connectivity index (χ2n) is 7.51. The molecule has 5 rings (SSSR count). The smallest absolute Gasteiger partial charge is 0.327 e. The molecule has 0 saturated carbocycles. The Morgan fingerprint density at radius 1 is 1.10 bits per heavy atom. The van der Waals surface area contributed by atoms with E-state index < -0.39 is 17.9 Å². The van der Waals surface area contributed by atoms with Gasteiger partial charge in [-0.2, -0.15) is 4.98 Å². The zero-order valence-corrected chi connectivity index (χ0v) is 16.3. The van der Waals surface area contributed by atoms with Crippen LogP contribution in [-0.2, 0) is 11.2 Å². The quantitative estimate of drug-likeness (QED) is 0.693. The zero-order valence-electron chi connectivity index (χ0n) is 16.3. The summed E-state index contributed by atoms with van der Waals surface area (Å²) in [6.07, 6.45) is 2.24. The lowest BCUT2D eigenvalue weighted by Gasteiger charge is -2.24. The largest absolute Gasteiger partial charge is 0.381 e. The first-order chi connectivity index (χ1) is 14.7. The molecule has 1 aromatic heterocycles. The van der Waals surface area contributed by atoms with Crippen LogP contribution in [0.15, 0.2) is 53.1 Å². The van der Waals surface area contributed by atoms with Gasteiger partial charge < -0.3 is 14.6 Å². The number of ether oxygens (including phenoxy) is 1. The summed E-state index contributed by atoms with van der Waals surface area (Å²) in [6, 6.07) is 12.9. The van der Waals surface area contributed by atoms with Gasteiger partial charge in [0.1, 0.15) is 11.9 Å². The molecule has 1 atom stereocenters. The van der Waals surface area contributed by atoms with Crippen LogP contribution in [-0.4, -0.2) is 29.4 Å². The summed E-state index contributed by atoms with van der Waals surface area (Å²) in [4.78, 5) is 19.4. The number of urea groups is 1. The molecule has 2 aromatic carbocycles.